The standard InChI is InChI=1S/C14H21NO3S/c1-2-10-19(16,17)11-8-15-13-7-9-18-14-6-4-3-5-12(13)14/h3-6,13,15H,2,7-11H2,1H3. The normalized spacial score (nSPS) is 18.7. The van der Waals surface area contributed by atoms with Gasteiger partial charge in [0.1, 0.15) is 5.75 Å². The maximum Gasteiger partial charge on any atom is 0.151 e. The lowest BCUT2D eigenvalue weighted by molar-refractivity contribution is 0.254. The van der Waals surface area contributed by atoms with E-state index in [1.807, 2.05) is 31.2 Å². The maximum atomic E-state index is 11.7. The average Bonchev–Trinajstić information content (AvgIpc) is 2.39. The molecule has 4 nitrogen and oxygen atoms in total. The first-order chi connectivity index (χ1) is 9.12. The van der Waals surface area contributed by atoms with Crippen LogP contribution in [0.25, 0.3) is 0 Å². The number of fused-ring (bicyclic) bond motifs is 1. The topological polar surface area (TPSA) is 55.4 Å². The zero-order chi connectivity index (χ0) is 13.7. The summed E-state index contributed by atoms with van der Waals surface area (Å²) in [6, 6.07) is 8.12. The molecule has 1 N–H and O–H groups in total. The third kappa shape index (κ3) is 3.94. The highest BCUT2D eigenvalue weighted by atomic mass is 32.2. The monoisotopic (exact) mass is 283 g/mol. The fourth-order valence-corrected chi connectivity index (χ4v) is 3.61. The van der Waals surface area contributed by atoms with Gasteiger partial charge in [-0.15, -0.1) is 0 Å². The van der Waals surface area contributed by atoms with E-state index in [1.54, 1.807) is 0 Å². The Morgan fingerprint density at radius 2 is 2.11 bits per heavy atom. The van der Waals surface area contributed by atoms with Crippen LogP contribution in [-0.4, -0.2) is 33.1 Å². The lowest BCUT2D eigenvalue weighted by Crippen LogP contribution is -2.31. The van der Waals surface area contributed by atoms with Gasteiger partial charge in [-0.25, -0.2) is 8.42 Å². The van der Waals surface area contributed by atoms with E-state index >= 15 is 0 Å². The summed E-state index contributed by atoms with van der Waals surface area (Å²) in [5, 5.41) is 3.33. The summed E-state index contributed by atoms with van der Waals surface area (Å²) in [4.78, 5) is 0. The SMILES string of the molecule is CCCS(=O)(=O)CCNC1CCOc2ccccc21. The third-order valence-corrected chi connectivity index (χ3v) is 5.13. The highest BCUT2D eigenvalue weighted by Crippen LogP contribution is 2.31. The smallest absolute Gasteiger partial charge is 0.151 e. The summed E-state index contributed by atoms with van der Waals surface area (Å²) < 4.78 is 28.9. The van der Waals surface area contributed by atoms with Crippen molar-refractivity contribution in [2.45, 2.75) is 25.8 Å². The van der Waals surface area contributed by atoms with Gasteiger partial charge in [0.15, 0.2) is 9.84 Å². The minimum atomic E-state index is -2.90. The van der Waals surface area contributed by atoms with E-state index in [-0.39, 0.29) is 17.5 Å². The Kier molecular flexibility index (Phi) is 4.82. The first-order valence-electron chi connectivity index (χ1n) is 6.78. The molecule has 0 aliphatic carbocycles. The zero-order valence-corrected chi connectivity index (χ0v) is 12.1. The molecular weight excluding hydrogens is 262 g/mol. The van der Waals surface area contributed by atoms with Crippen molar-refractivity contribution < 1.29 is 13.2 Å². The summed E-state index contributed by atoms with van der Waals surface area (Å²) in [6.07, 6.45) is 1.56. The molecule has 0 saturated carbocycles. The molecule has 19 heavy (non-hydrogen) atoms. The van der Waals surface area contributed by atoms with Crippen molar-refractivity contribution >= 4 is 9.84 Å². The van der Waals surface area contributed by atoms with Crippen LogP contribution in [0.1, 0.15) is 31.4 Å². The predicted octanol–water partition coefficient (Wildman–Crippen LogP) is 1.92. The van der Waals surface area contributed by atoms with Gasteiger partial charge in [-0.3, -0.25) is 0 Å². The van der Waals surface area contributed by atoms with E-state index in [0.717, 1.165) is 17.7 Å². The Morgan fingerprint density at radius 1 is 1.32 bits per heavy atom. The van der Waals surface area contributed by atoms with Gasteiger partial charge in [0.2, 0.25) is 0 Å². The van der Waals surface area contributed by atoms with E-state index in [2.05, 4.69) is 5.32 Å². The molecule has 0 bridgehead atoms. The molecule has 1 heterocycles. The van der Waals surface area contributed by atoms with E-state index in [4.69, 9.17) is 4.74 Å². The number of benzene rings is 1. The number of hydrogen-bond acceptors (Lipinski definition) is 4. The fourth-order valence-electron chi connectivity index (χ4n) is 2.36. The maximum absolute atomic E-state index is 11.7. The highest BCUT2D eigenvalue weighted by Gasteiger charge is 2.20. The molecule has 0 spiro atoms. The van der Waals surface area contributed by atoms with Crippen LogP contribution < -0.4 is 10.1 Å². The van der Waals surface area contributed by atoms with E-state index in [9.17, 15) is 8.42 Å². The van der Waals surface area contributed by atoms with Crippen LogP contribution >= 0.6 is 0 Å². The average molecular weight is 283 g/mol. The Labute approximate surface area is 115 Å². The van der Waals surface area contributed by atoms with Crippen LogP contribution in [0.5, 0.6) is 5.75 Å². The van der Waals surface area contributed by atoms with Crippen molar-refractivity contribution in [1.29, 1.82) is 0 Å². The van der Waals surface area contributed by atoms with Gasteiger partial charge < -0.3 is 10.1 Å². The number of hydrogen-bond donors (Lipinski definition) is 1. The highest BCUT2D eigenvalue weighted by molar-refractivity contribution is 7.91. The molecule has 2 rings (SSSR count). The molecule has 1 aliphatic rings. The summed E-state index contributed by atoms with van der Waals surface area (Å²) >= 11 is 0. The van der Waals surface area contributed by atoms with Crippen LogP contribution in [0.4, 0.5) is 0 Å². The number of nitrogens with one attached hydrogen (secondary N) is 1. The Hall–Kier alpha value is -1.07. The van der Waals surface area contributed by atoms with Crippen molar-refractivity contribution in [2.75, 3.05) is 24.7 Å². The molecule has 1 aromatic carbocycles. The van der Waals surface area contributed by atoms with Crippen molar-refractivity contribution in [2.24, 2.45) is 0 Å². The van der Waals surface area contributed by atoms with Crippen molar-refractivity contribution in [3.05, 3.63) is 29.8 Å². The van der Waals surface area contributed by atoms with E-state index in [1.165, 1.54) is 0 Å². The van der Waals surface area contributed by atoms with Crippen molar-refractivity contribution in [3.8, 4) is 5.75 Å². The van der Waals surface area contributed by atoms with Crippen molar-refractivity contribution in [1.82, 2.24) is 5.32 Å². The first-order valence-corrected chi connectivity index (χ1v) is 8.60. The largest absolute Gasteiger partial charge is 0.493 e. The molecule has 0 radical (unpaired) electrons. The molecule has 0 amide bonds. The summed E-state index contributed by atoms with van der Waals surface area (Å²) in [5.74, 6) is 1.39. The second kappa shape index (κ2) is 6.39. The quantitative estimate of drug-likeness (QED) is 0.866. The molecule has 0 aromatic heterocycles. The lowest BCUT2D eigenvalue weighted by atomic mass is 10.0. The second-order valence-electron chi connectivity index (χ2n) is 4.83. The van der Waals surface area contributed by atoms with E-state index in [0.29, 0.717) is 19.6 Å². The molecule has 1 unspecified atom stereocenters. The summed E-state index contributed by atoms with van der Waals surface area (Å²) in [6.45, 7) is 3.07. The van der Waals surface area contributed by atoms with Gasteiger partial charge in [-0.2, -0.15) is 0 Å². The molecule has 1 atom stereocenters. The molecule has 0 saturated heterocycles. The molecule has 1 aliphatic heterocycles. The van der Waals surface area contributed by atoms with Gasteiger partial charge >= 0.3 is 0 Å². The Morgan fingerprint density at radius 3 is 2.89 bits per heavy atom. The van der Waals surface area contributed by atoms with Gasteiger partial charge in [-0.1, -0.05) is 25.1 Å². The molecule has 0 fully saturated rings. The predicted molar refractivity (Wildman–Crippen MR) is 76.2 cm³/mol. The zero-order valence-electron chi connectivity index (χ0n) is 11.3. The lowest BCUT2D eigenvalue weighted by Gasteiger charge is -2.26. The summed E-state index contributed by atoms with van der Waals surface area (Å²) in [5.41, 5.74) is 1.13. The molecule has 1 aromatic rings. The third-order valence-electron chi connectivity index (χ3n) is 3.28. The van der Waals surface area contributed by atoms with E-state index < -0.39 is 9.84 Å². The Balaban J connectivity index is 1.91. The van der Waals surface area contributed by atoms with Gasteiger partial charge in [-0.05, 0) is 12.5 Å². The number of rotatable bonds is 6. The molecular formula is C14H21NO3S. The minimum Gasteiger partial charge on any atom is -0.493 e. The van der Waals surface area contributed by atoms with Crippen LogP contribution in [-0.2, 0) is 9.84 Å². The molecule has 5 heteroatoms. The van der Waals surface area contributed by atoms with Crippen LogP contribution in [0.3, 0.4) is 0 Å². The van der Waals surface area contributed by atoms with Crippen LogP contribution in [0.15, 0.2) is 24.3 Å². The number of ether oxygens (including phenoxy) is 1. The number of sulfone groups is 1. The second-order valence-corrected chi connectivity index (χ2v) is 7.14. The van der Waals surface area contributed by atoms with Gasteiger partial charge in [0.05, 0.1) is 12.4 Å². The van der Waals surface area contributed by atoms with Gasteiger partial charge in [0, 0.05) is 30.3 Å². The van der Waals surface area contributed by atoms with Gasteiger partial charge in [0.25, 0.3) is 0 Å². The Bertz CT molecular complexity index is 513. The van der Waals surface area contributed by atoms with Crippen LogP contribution in [0, 0.1) is 0 Å². The molecule has 106 valence electrons. The van der Waals surface area contributed by atoms with Crippen LogP contribution in [0.2, 0.25) is 0 Å². The number of para-hydroxylation sites is 1. The van der Waals surface area contributed by atoms with Crippen molar-refractivity contribution in [3.63, 3.8) is 0 Å². The summed E-state index contributed by atoms with van der Waals surface area (Å²) in [7, 11) is -2.90. The fraction of sp³-hybridized carbons (Fsp3) is 0.571. The first kappa shape index (κ1) is 14.3. The minimum absolute atomic E-state index is 0.196.